The molecule has 26 rings (SSSR count). The Morgan fingerprint density at radius 3 is 0.478 bits per heavy atom. The molecule has 0 fully saturated rings. The van der Waals surface area contributed by atoms with Crippen molar-refractivity contribution < 1.29 is 0 Å². The summed E-state index contributed by atoms with van der Waals surface area (Å²) in [5.74, 6) is 5.83. The normalized spacial score (nSPS) is 11.3. The molecule has 0 saturated heterocycles. The van der Waals surface area contributed by atoms with Gasteiger partial charge in [-0.05, 0) is 207 Å². The van der Waals surface area contributed by atoms with Gasteiger partial charge in [-0.3, -0.25) is 0 Å². The first-order valence-electron chi connectivity index (χ1n) is 46.5. The van der Waals surface area contributed by atoms with E-state index in [1.54, 1.807) is 0 Å². The molecule has 9 heteroatoms. The van der Waals surface area contributed by atoms with Crippen LogP contribution in [-0.4, -0.2) is 44.9 Å². The van der Waals surface area contributed by atoms with E-state index in [9.17, 15) is 0 Å². The minimum atomic E-state index is 0.638. The Hall–Kier alpha value is -18.6. The lowest BCUT2D eigenvalue weighted by Crippen LogP contribution is -2.00. The predicted octanol–water partition coefficient (Wildman–Crippen LogP) is 33.3. The van der Waals surface area contributed by atoms with E-state index in [1.807, 2.05) is 133 Å². The summed E-state index contributed by atoms with van der Waals surface area (Å²) in [5.41, 5.74) is 19.9. The van der Waals surface area contributed by atoms with Crippen LogP contribution in [0.1, 0.15) is 0 Å². The molecule has 0 unspecified atom stereocenters. The number of rotatable bonds is 14. The monoisotopic (exact) mass is 1760 g/mol. The molecule has 138 heavy (non-hydrogen) atoms. The highest BCUT2D eigenvalue weighted by molar-refractivity contribution is 6.28. The molecular formula is C129H83N9. The molecule has 0 N–H and O–H groups in total. The largest absolute Gasteiger partial charge is 0.208 e. The summed E-state index contributed by atoms with van der Waals surface area (Å²) in [6.45, 7) is 0. The molecule has 26 aromatic rings. The van der Waals surface area contributed by atoms with Gasteiger partial charge >= 0.3 is 0 Å². The van der Waals surface area contributed by atoms with Crippen LogP contribution in [0.2, 0.25) is 0 Å². The lowest BCUT2D eigenvalue weighted by molar-refractivity contribution is 1.07. The molecule has 0 radical (unpaired) electrons. The summed E-state index contributed by atoms with van der Waals surface area (Å²) in [6.07, 6.45) is 0. The van der Waals surface area contributed by atoms with Crippen LogP contribution in [0.25, 0.3) is 255 Å². The average molecular weight is 1760 g/mol. The van der Waals surface area contributed by atoms with Gasteiger partial charge in [0.1, 0.15) is 0 Å². The minimum Gasteiger partial charge on any atom is -0.208 e. The smallest absolute Gasteiger partial charge is 0.164 e. The first-order valence-corrected chi connectivity index (χ1v) is 46.5. The zero-order valence-corrected chi connectivity index (χ0v) is 74.9. The van der Waals surface area contributed by atoms with Gasteiger partial charge in [0.25, 0.3) is 0 Å². The summed E-state index contributed by atoms with van der Waals surface area (Å²) in [7, 11) is 0. The van der Waals surface area contributed by atoms with Crippen molar-refractivity contribution >= 4 is 97.0 Å². The van der Waals surface area contributed by atoms with E-state index in [0.717, 1.165) is 106 Å². The number of fused-ring (bicyclic) bond motifs is 18. The zero-order valence-electron chi connectivity index (χ0n) is 74.9. The molecule has 0 saturated carbocycles. The second kappa shape index (κ2) is 36.5. The van der Waals surface area contributed by atoms with Crippen LogP contribution in [0, 0.1) is 0 Å². The fraction of sp³-hybridized carbons (Fsp3) is 0. The van der Waals surface area contributed by atoms with Gasteiger partial charge in [0.2, 0.25) is 0 Å². The Kier molecular flexibility index (Phi) is 21.9. The molecule has 23 aromatic carbocycles. The highest BCUT2D eigenvalue weighted by atomic mass is 15.1. The average Bonchev–Trinajstić information content (AvgIpc) is 0.744. The molecule has 9 nitrogen and oxygen atoms in total. The highest BCUT2D eigenvalue weighted by Gasteiger charge is 2.22. The molecule has 0 spiro atoms. The molecule has 3 heterocycles. The number of benzene rings is 23. The Labute approximate surface area is 797 Å². The maximum atomic E-state index is 5.14. The first kappa shape index (κ1) is 82.6. The second-order valence-corrected chi connectivity index (χ2v) is 34.6. The fourth-order valence-electron chi connectivity index (χ4n) is 19.4. The van der Waals surface area contributed by atoms with Crippen LogP contribution in [0.3, 0.4) is 0 Å². The maximum Gasteiger partial charge on any atom is 0.164 e. The molecule has 0 bridgehead atoms. The summed E-state index contributed by atoms with van der Waals surface area (Å²) >= 11 is 0. The lowest BCUT2D eigenvalue weighted by atomic mass is 9.90. The molecule has 644 valence electrons. The van der Waals surface area contributed by atoms with Gasteiger partial charge in [0.05, 0.1) is 0 Å². The van der Waals surface area contributed by atoms with Crippen molar-refractivity contribution in [3.63, 3.8) is 0 Å². The molecular weight excluding hydrogens is 1680 g/mol. The van der Waals surface area contributed by atoms with E-state index in [2.05, 4.69) is 370 Å². The van der Waals surface area contributed by atoms with E-state index in [0.29, 0.717) is 52.4 Å². The number of aromatic nitrogens is 9. The Bertz CT molecular complexity index is 8650. The van der Waals surface area contributed by atoms with Crippen LogP contribution in [-0.2, 0) is 0 Å². The standard InChI is InChI=1S/2C45H29N3.C39H25N3/c1-4-14-30(15-5-1)34-26-35(33-24-25-41-39-22-11-10-20-37(39)38-21-12-13-23-40(38)42(41)29-33)28-36(27-34)45-47-43(31-16-6-2-7-17-31)46-44(48-45)32-18-8-3-9-19-32;1-3-13-30(14-4-1)32-17-11-19-34(27-32)43-46-44(35-20-12-18-33(28-35)31-15-5-2-6-16-31)48-45(47-43)36-25-26-41-39-23-8-7-21-37(39)38-22-9-10-24-40(38)42(41)29-36;1-3-12-26(13-4-1)37-40-38(27-14-5-2-6-15-27)42-39(41-37)30-17-11-16-28(24-30)29-22-23-35-33-20-8-7-18-31(33)32-19-9-10-21-34(32)36(35)25-29/h2*1-29H;1-25H. The van der Waals surface area contributed by atoms with E-state index < -0.39 is 0 Å². The Morgan fingerprint density at radius 1 is 0.0725 bits per heavy atom. The fourth-order valence-corrected chi connectivity index (χ4v) is 19.4. The van der Waals surface area contributed by atoms with Gasteiger partial charge in [-0.25, -0.2) is 44.9 Å². The molecule has 0 aliphatic heterocycles. The molecule has 0 atom stereocenters. The van der Waals surface area contributed by atoms with Crippen molar-refractivity contribution in [2.75, 3.05) is 0 Å². The van der Waals surface area contributed by atoms with Crippen LogP contribution >= 0.6 is 0 Å². The Balaban J connectivity index is 0.000000113. The third-order valence-electron chi connectivity index (χ3n) is 26.1. The minimum absolute atomic E-state index is 0.638. The predicted molar refractivity (Wildman–Crippen MR) is 573 cm³/mol. The van der Waals surface area contributed by atoms with Gasteiger partial charge in [-0.2, -0.15) is 0 Å². The summed E-state index contributed by atoms with van der Waals surface area (Å²) in [4.78, 5) is 45.2. The molecule has 3 aromatic heterocycles. The second-order valence-electron chi connectivity index (χ2n) is 34.6. The van der Waals surface area contributed by atoms with Gasteiger partial charge in [0, 0.05) is 50.1 Å². The van der Waals surface area contributed by atoms with Crippen molar-refractivity contribution in [3.05, 3.63) is 504 Å². The van der Waals surface area contributed by atoms with Crippen molar-refractivity contribution in [1.82, 2.24) is 44.9 Å². The molecule has 0 aliphatic carbocycles. The quantitative estimate of drug-likeness (QED) is 0.0981. The highest BCUT2D eigenvalue weighted by Crippen LogP contribution is 2.44. The van der Waals surface area contributed by atoms with Gasteiger partial charge in [-0.15, -0.1) is 0 Å². The van der Waals surface area contributed by atoms with Crippen LogP contribution in [0.5, 0.6) is 0 Å². The Morgan fingerprint density at radius 2 is 0.210 bits per heavy atom. The summed E-state index contributed by atoms with van der Waals surface area (Å²) in [5, 5.41) is 22.5. The van der Waals surface area contributed by atoms with Crippen molar-refractivity contribution in [3.8, 4) is 158 Å². The van der Waals surface area contributed by atoms with Crippen LogP contribution in [0.15, 0.2) is 504 Å². The van der Waals surface area contributed by atoms with Crippen molar-refractivity contribution in [2.45, 2.75) is 0 Å². The van der Waals surface area contributed by atoms with Gasteiger partial charge in [-0.1, -0.05) is 449 Å². The number of hydrogen-bond donors (Lipinski definition) is 0. The van der Waals surface area contributed by atoms with Gasteiger partial charge < -0.3 is 0 Å². The topological polar surface area (TPSA) is 116 Å². The van der Waals surface area contributed by atoms with Crippen molar-refractivity contribution in [1.29, 1.82) is 0 Å². The first-order chi connectivity index (χ1) is 68.4. The van der Waals surface area contributed by atoms with E-state index in [-0.39, 0.29) is 0 Å². The number of nitrogens with zero attached hydrogens (tertiary/aromatic N) is 9. The van der Waals surface area contributed by atoms with E-state index in [4.69, 9.17) is 44.9 Å². The molecule has 0 aliphatic rings. The van der Waals surface area contributed by atoms with Gasteiger partial charge in [0.15, 0.2) is 52.4 Å². The zero-order chi connectivity index (χ0) is 91.6. The summed E-state index contributed by atoms with van der Waals surface area (Å²) < 4.78 is 0. The molecule has 0 amide bonds. The van der Waals surface area contributed by atoms with Crippen LogP contribution < -0.4 is 0 Å². The lowest BCUT2D eigenvalue weighted by Gasteiger charge is -2.14. The van der Waals surface area contributed by atoms with Crippen LogP contribution in [0.4, 0.5) is 0 Å². The summed E-state index contributed by atoms with van der Waals surface area (Å²) in [6, 6.07) is 176. The third kappa shape index (κ3) is 16.3. The maximum absolute atomic E-state index is 5.14. The SMILES string of the molecule is c1ccc(-c2cc(-c3ccc4c5ccccc5c5ccccc5c4c3)cc(-c3nc(-c4ccccc4)nc(-c4ccccc4)n3)c2)cc1.c1ccc(-c2cccc(-c3nc(-c4cccc(-c5ccccc5)c4)nc(-c4ccc5c6ccccc6c6ccccc6c5c4)n3)c2)cc1.c1ccc(-c2nc(-c3ccccc3)nc(-c3cccc(-c4ccc5c6ccccc6c6ccccc6c5c4)c3)n2)cc1. The number of hydrogen-bond acceptors (Lipinski definition) is 9. The van der Waals surface area contributed by atoms with E-state index in [1.165, 1.54) is 97.0 Å². The van der Waals surface area contributed by atoms with Crippen molar-refractivity contribution in [2.24, 2.45) is 0 Å². The van der Waals surface area contributed by atoms with E-state index >= 15 is 0 Å². The third-order valence-corrected chi connectivity index (χ3v) is 26.1.